The molecule has 3 rings (SSSR count). The van der Waals surface area contributed by atoms with Crippen LogP contribution in [0.15, 0.2) is 42.5 Å². The number of ether oxygens (including phenoxy) is 1. The molecule has 25 heavy (non-hydrogen) atoms. The summed E-state index contributed by atoms with van der Waals surface area (Å²) in [6.45, 7) is 0. The fourth-order valence-corrected chi connectivity index (χ4v) is 3.75. The van der Waals surface area contributed by atoms with Crippen molar-refractivity contribution >= 4 is 29.3 Å². The van der Waals surface area contributed by atoms with Gasteiger partial charge in [0.2, 0.25) is 5.91 Å². The van der Waals surface area contributed by atoms with Crippen LogP contribution in [0.25, 0.3) is 0 Å². The molecule has 0 aliphatic heterocycles. The molecule has 4 nitrogen and oxygen atoms in total. The third-order valence-corrected chi connectivity index (χ3v) is 5.26. The minimum absolute atomic E-state index is 0.00845. The number of fused-ring (bicyclic) bond motifs is 1. The number of rotatable bonds is 6. The predicted molar refractivity (Wildman–Crippen MR) is 101 cm³/mol. The molecule has 0 unspecified atom stereocenters. The van der Waals surface area contributed by atoms with Crippen LogP contribution < -0.4 is 5.32 Å². The molecule has 0 aromatic heterocycles. The molecule has 0 heterocycles. The number of carbonyl (C=O) groups excluding carboxylic acids is 2. The Hall–Kier alpha value is -2.27. The minimum Gasteiger partial charge on any atom is -0.465 e. The minimum atomic E-state index is -0.340. The molecule has 1 N–H and O–H groups in total. The fourth-order valence-electron chi connectivity index (χ4n) is 2.96. The average Bonchev–Trinajstić information content (AvgIpc) is 3.09. The van der Waals surface area contributed by atoms with Gasteiger partial charge >= 0.3 is 5.97 Å². The molecule has 1 aliphatic carbocycles. The van der Waals surface area contributed by atoms with Crippen LogP contribution in [0.2, 0.25) is 0 Å². The summed E-state index contributed by atoms with van der Waals surface area (Å²) in [6.07, 6.45) is 3.46. The van der Waals surface area contributed by atoms with Gasteiger partial charge in [-0.15, -0.1) is 11.8 Å². The average molecular weight is 355 g/mol. The summed E-state index contributed by atoms with van der Waals surface area (Å²) >= 11 is 1.55. The Balaban J connectivity index is 1.45. The summed E-state index contributed by atoms with van der Waals surface area (Å²) in [5.74, 6) is 0.789. The quantitative estimate of drug-likeness (QED) is 0.800. The molecule has 0 spiro atoms. The van der Waals surface area contributed by atoms with E-state index in [1.165, 1.54) is 24.7 Å². The summed E-state index contributed by atoms with van der Waals surface area (Å²) in [5.41, 5.74) is 5.25. The first-order valence-electron chi connectivity index (χ1n) is 8.32. The fraction of sp³-hybridized carbons (Fsp3) is 0.300. The molecule has 0 fully saturated rings. The van der Waals surface area contributed by atoms with E-state index in [1.807, 2.05) is 18.2 Å². The van der Waals surface area contributed by atoms with Gasteiger partial charge in [0.15, 0.2) is 0 Å². The van der Waals surface area contributed by atoms with Crippen LogP contribution in [0.4, 0.5) is 5.69 Å². The van der Waals surface area contributed by atoms with Crippen molar-refractivity contribution in [3.8, 4) is 0 Å². The third kappa shape index (κ3) is 4.63. The van der Waals surface area contributed by atoms with E-state index in [1.54, 1.807) is 23.9 Å². The van der Waals surface area contributed by atoms with Gasteiger partial charge in [-0.25, -0.2) is 4.79 Å². The molecule has 0 saturated carbocycles. The number of esters is 1. The maximum absolute atomic E-state index is 12.1. The zero-order valence-corrected chi connectivity index (χ0v) is 15.0. The van der Waals surface area contributed by atoms with Crippen LogP contribution in [0.1, 0.15) is 33.5 Å². The third-order valence-electron chi connectivity index (χ3n) is 4.26. The second-order valence-corrected chi connectivity index (χ2v) is 7.05. The lowest BCUT2D eigenvalue weighted by atomic mass is 10.1. The first kappa shape index (κ1) is 17.5. The number of benzene rings is 2. The van der Waals surface area contributed by atoms with Gasteiger partial charge < -0.3 is 10.1 Å². The lowest BCUT2D eigenvalue weighted by Gasteiger charge is -2.08. The predicted octanol–water partition coefficient (Wildman–Crippen LogP) is 3.83. The van der Waals surface area contributed by atoms with Crippen molar-refractivity contribution in [3.63, 3.8) is 0 Å². The number of methoxy groups -OCH3 is 1. The Kier molecular flexibility index (Phi) is 5.76. The summed E-state index contributed by atoms with van der Waals surface area (Å²) in [7, 11) is 1.37. The van der Waals surface area contributed by atoms with Gasteiger partial charge in [-0.3, -0.25) is 4.79 Å². The maximum Gasteiger partial charge on any atom is 0.337 e. The van der Waals surface area contributed by atoms with Gasteiger partial charge in [-0.05, 0) is 60.2 Å². The molecule has 1 amide bonds. The number of aryl methyl sites for hydroxylation is 2. The Bertz CT molecular complexity index is 771. The summed E-state index contributed by atoms with van der Waals surface area (Å²) < 4.78 is 4.68. The molecule has 0 saturated heterocycles. The molecule has 0 radical (unpaired) electrons. The van der Waals surface area contributed by atoms with Crippen LogP contribution >= 0.6 is 11.8 Å². The van der Waals surface area contributed by atoms with E-state index >= 15 is 0 Å². The number of hydrogen-bond acceptors (Lipinski definition) is 4. The summed E-state index contributed by atoms with van der Waals surface area (Å²) in [6, 6.07) is 13.5. The van der Waals surface area contributed by atoms with Crippen LogP contribution in [0.5, 0.6) is 0 Å². The van der Waals surface area contributed by atoms with Crippen LogP contribution in [0.3, 0.4) is 0 Å². The van der Waals surface area contributed by atoms with E-state index in [0.717, 1.165) is 29.8 Å². The van der Waals surface area contributed by atoms with E-state index in [2.05, 4.69) is 22.2 Å². The van der Waals surface area contributed by atoms with Crippen molar-refractivity contribution in [2.45, 2.75) is 25.0 Å². The zero-order chi connectivity index (χ0) is 17.6. The highest BCUT2D eigenvalue weighted by Gasteiger charge is 2.12. The first-order valence-corrected chi connectivity index (χ1v) is 9.48. The smallest absolute Gasteiger partial charge is 0.337 e. The van der Waals surface area contributed by atoms with Crippen LogP contribution in [-0.4, -0.2) is 24.7 Å². The van der Waals surface area contributed by atoms with Gasteiger partial charge in [0.05, 0.1) is 18.4 Å². The number of anilines is 1. The molecule has 2 aromatic rings. The molecule has 130 valence electrons. The van der Waals surface area contributed by atoms with Crippen molar-refractivity contribution in [2.24, 2.45) is 0 Å². The Morgan fingerprint density at radius 1 is 1.08 bits per heavy atom. The number of thioether (sulfide) groups is 1. The number of hydrogen-bond donors (Lipinski definition) is 1. The van der Waals surface area contributed by atoms with E-state index in [4.69, 9.17) is 0 Å². The molecule has 0 bridgehead atoms. The molecule has 5 heteroatoms. The summed E-state index contributed by atoms with van der Waals surface area (Å²) in [5, 5.41) is 2.97. The van der Waals surface area contributed by atoms with Crippen LogP contribution in [0, 0.1) is 0 Å². The van der Waals surface area contributed by atoms with Gasteiger partial charge in [-0.2, -0.15) is 0 Å². The normalized spacial score (nSPS) is 12.5. The van der Waals surface area contributed by atoms with Crippen molar-refractivity contribution in [1.29, 1.82) is 0 Å². The maximum atomic E-state index is 12.1. The largest absolute Gasteiger partial charge is 0.465 e. The lowest BCUT2D eigenvalue weighted by Crippen LogP contribution is -2.14. The van der Waals surface area contributed by atoms with Gasteiger partial charge in [-0.1, -0.05) is 18.2 Å². The Labute approximate surface area is 152 Å². The van der Waals surface area contributed by atoms with Crippen molar-refractivity contribution in [2.75, 3.05) is 18.2 Å². The SMILES string of the molecule is COC(=O)c1ccc(CSCC(=O)Nc2ccc3c(c2)CCC3)cc1. The zero-order valence-electron chi connectivity index (χ0n) is 14.2. The van der Waals surface area contributed by atoms with E-state index in [0.29, 0.717) is 11.3 Å². The monoisotopic (exact) mass is 355 g/mol. The van der Waals surface area contributed by atoms with E-state index in [9.17, 15) is 9.59 Å². The number of amides is 1. The highest BCUT2D eigenvalue weighted by Crippen LogP contribution is 2.25. The molecule has 1 aliphatic rings. The molecular weight excluding hydrogens is 334 g/mol. The first-order chi connectivity index (χ1) is 12.2. The second kappa shape index (κ2) is 8.21. The Morgan fingerprint density at radius 3 is 2.60 bits per heavy atom. The highest BCUT2D eigenvalue weighted by atomic mass is 32.2. The number of carbonyl (C=O) groups is 2. The summed E-state index contributed by atoms with van der Waals surface area (Å²) in [4.78, 5) is 23.5. The van der Waals surface area contributed by atoms with Gasteiger partial charge in [0.1, 0.15) is 0 Å². The van der Waals surface area contributed by atoms with Gasteiger partial charge in [0.25, 0.3) is 0 Å². The van der Waals surface area contributed by atoms with E-state index < -0.39 is 0 Å². The molecular formula is C20H21NO3S. The molecule has 0 atom stereocenters. The van der Waals surface area contributed by atoms with Crippen molar-refractivity contribution < 1.29 is 14.3 Å². The standard InChI is InChI=1S/C20H21NO3S/c1-24-20(23)16-7-5-14(6-8-16)12-25-13-19(22)21-18-10-9-15-3-2-4-17(15)11-18/h5-11H,2-4,12-13H2,1H3,(H,21,22). The Morgan fingerprint density at radius 2 is 1.84 bits per heavy atom. The topological polar surface area (TPSA) is 55.4 Å². The number of nitrogens with one attached hydrogen (secondary N) is 1. The second-order valence-electron chi connectivity index (χ2n) is 6.07. The van der Waals surface area contributed by atoms with Gasteiger partial charge in [0, 0.05) is 11.4 Å². The lowest BCUT2D eigenvalue weighted by molar-refractivity contribution is -0.113. The van der Waals surface area contributed by atoms with Crippen LogP contribution in [-0.2, 0) is 28.1 Å². The highest BCUT2D eigenvalue weighted by molar-refractivity contribution is 7.99. The van der Waals surface area contributed by atoms with E-state index in [-0.39, 0.29) is 11.9 Å². The molecule has 2 aromatic carbocycles. The van der Waals surface area contributed by atoms with Crippen molar-refractivity contribution in [3.05, 3.63) is 64.7 Å². The van der Waals surface area contributed by atoms with Crippen molar-refractivity contribution in [1.82, 2.24) is 0 Å².